The molecule has 0 atom stereocenters. The number of anilines is 1. The quantitative estimate of drug-likeness (QED) is 0.332. The minimum absolute atomic E-state index is 0.178. The van der Waals surface area contributed by atoms with Gasteiger partial charge in [-0.3, -0.25) is 4.79 Å². The Kier molecular flexibility index (Phi) is 7.32. The molecule has 1 amide bonds. The summed E-state index contributed by atoms with van der Waals surface area (Å²) in [7, 11) is 0. The lowest BCUT2D eigenvalue weighted by molar-refractivity contribution is 0.102. The Labute approximate surface area is 202 Å². The van der Waals surface area contributed by atoms with Crippen molar-refractivity contribution >= 4 is 35.0 Å². The van der Waals surface area contributed by atoms with Crippen molar-refractivity contribution in [1.82, 2.24) is 14.8 Å². The Hall–Kier alpha value is -3.29. The number of carbonyl (C=O) groups is 1. The number of aryl methyl sites for hydroxylation is 1. The maximum Gasteiger partial charge on any atom is 0.259 e. The molecule has 0 unspecified atom stereocenters. The molecule has 0 aliphatic carbocycles. The molecule has 1 N–H and O–H groups in total. The molecule has 0 saturated carbocycles. The summed E-state index contributed by atoms with van der Waals surface area (Å²) in [5.74, 6) is 0.304. The van der Waals surface area contributed by atoms with Crippen molar-refractivity contribution in [3.05, 3.63) is 94.8 Å². The number of halogens is 1. The zero-order chi connectivity index (χ0) is 23.2. The molecule has 0 spiro atoms. The molecule has 1 aromatic heterocycles. The fourth-order valence-corrected chi connectivity index (χ4v) is 4.37. The van der Waals surface area contributed by atoms with Crippen LogP contribution in [0.5, 0.6) is 5.75 Å². The van der Waals surface area contributed by atoms with Crippen molar-refractivity contribution in [3.8, 4) is 5.75 Å². The molecule has 1 heterocycles. The van der Waals surface area contributed by atoms with Crippen molar-refractivity contribution in [2.24, 2.45) is 0 Å². The van der Waals surface area contributed by atoms with Crippen molar-refractivity contribution in [3.63, 3.8) is 0 Å². The first-order valence-corrected chi connectivity index (χ1v) is 11.7. The van der Waals surface area contributed by atoms with E-state index in [1.54, 1.807) is 16.8 Å². The van der Waals surface area contributed by atoms with Crippen LogP contribution in [-0.4, -0.2) is 27.3 Å². The number of carbonyl (C=O) groups excluding carboxylic acids is 1. The van der Waals surface area contributed by atoms with E-state index in [1.807, 2.05) is 43.3 Å². The Balaban J connectivity index is 1.57. The standard InChI is InChI=1S/C25H23ClN4O2S/c1-3-32-21-10-6-4-8-19(21)23(31)27-20-9-5-7-11-22(20)33-25-28-24(26)29-30(25)16-18-14-12-17(2)13-15-18/h4-15H,3,16H2,1-2H3,(H,27,31). The summed E-state index contributed by atoms with van der Waals surface area (Å²) in [6.45, 7) is 4.96. The number of amides is 1. The first-order chi connectivity index (χ1) is 16.0. The smallest absolute Gasteiger partial charge is 0.259 e. The Morgan fingerprint density at radius 3 is 2.58 bits per heavy atom. The van der Waals surface area contributed by atoms with Crippen LogP contribution < -0.4 is 10.1 Å². The number of para-hydroxylation sites is 2. The number of hydrogen-bond acceptors (Lipinski definition) is 5. The number of benzene rings is 3. The van der Waals surface area contributed by atoms with Crippen LogP contribution in [0.15, 0.2) is 82.8 Å². The van der Waals surface area contributed by atoms with Gasteiger partial charge in [-0.25, -0.2) is 4.68 Å². The van der Waals surface area contributed by atoms with E-state index in [-0.39, 0.29) is 11.2 Å². The largest absolute Gasteiger partial charge is 0.493 e. The molecule has 0 saturated heterocycles. The molecular weight excluding hydrogens is 456 g/mol. The number of hydrogen-bond donors (Lipinski definition) is 1. The highest BCUT2D eigenvalue weighted by Gasteiger charge is 2.17. The minimum atomic E-state index is -0.244. The second-order valence-electron chi connectivity index (χ2n) is 7.29. The van der Waals surface area contributed by atoms with Crippen LogP contribution in [-0.2, 0) is 6.54 Å². The molecule has 4 aromatic rings. The first kappa shape index (κ1) is 22.9. The molecule has 0 radical (unpaired) electrons. The van der Waals surface area contributed by atoms with Gasteiger partial charge >= 0.3 is 0 Å². The topological polar surface area (TPSA) is 69.0 Å². The van der Waals surface area contributed by atoms with E-state index in [4.69, 9.17) is 16.3 Å². The number of ether oxygens (including phenoxy) is 1. The lowest BCUT2D eigenvalue weighted by atomic mass is 10.1. The van der Waals surface area contributed by atoms with Crippen molar-refractivity contribution in [2.45, 2.75) is 30.4 Å². The van der Waals surface area contributed by atoms with Gasteiger partial charge in [-0.05, 0) is 67.0 Å². The second kappa shape index (κ2) is 10.6. The monoisotopic (exact) mass is 478 g/mol. The van der Waals surface area contributed by atoms with Crippen LogP contribution in [0.3, 0.4) is 0 Å². The molecule has 33 heavy (non-hydrogen) atoms. The van der Waals surface area contributed by atoms with E-state index in [0.717, 1.165) is 10.5 Å². The van der Waals surface area contributed by atoms with E-state index in [0.29, 0.717) is 35.3 Å². The lowest BCUT2D eigenvalue weighted by Gasteiger charge is -2.13. The Morgan fingerprint density at radius 2 is 1.79 bits per heavy atom. The minimum Gasteiger partial charge on any atom is -0.493 e. The summed E-state index contributed by atoms with van der Waals surface area (Å²) in [6, 6.07) is 23.0. The van der Waals surface area contributed by atoms with Gasteiger partial charge in [0.05, 0.1) is 24.4 Å². The van der Waals surface area contributed by atoms with E-state index in [2.05, 4.69) is 46.6 Å². The van der Waals surface area contributed by atoms with Gasteiger partial charge in [0.1, 0.15) is 5.75 Å². The van der Waals surface area contributed by atoms with Crippen molar-refractivity contribution in [1.29, 1.82) is 0 Å². The highest BCUT2D eigenvalue weighted by atomic mass is 35.5. The molecule has 0 aliphatic heterocycles. The average molecular weight is 479 g/mol. The predicted octanol–water partition coefficient (Wildman–Crippen LogP) is 6.09. The van der Waals surface area contributed by atoms with E-state index in [9.17, 15) is 4.79 Å². The highest BCUT2D eigenvalue weighted by Crippen LogP contribution is 2.34. The molecule has 0 fully saturated rings. The normalized spacial score (nSPS) is 10.8. The molecule has 0 bridgehead atoms. The zero-order valence-corrected chi connectivity index (χ0v) is 19.9. The summed E-state index contributed by atoms with van der Waals surface area (Å²) < 4.78 is 7.37. The predicted molar refractivity (Wildman–Crippen MR) is 131 cm³/mol. The van der Waals surface area contributed by atoms with Crippen LogP contribution >= 0.6 is 23.4 Å². The van der Waals surface area contributed by atoms with Gasteiger partial charge in [0.15, 0.2) is 5.16 Å². The molecular formula is C25H23ClN4O2S. The average Bonchev–Trinajstić information content (AvgIpc) is 3.15. The third kappa shape index (κ3) is 5.74. The number of nitrogens with one attached hydrogen (secondary N) is 1. The van der Waals surface area contributed by atoms with Crippen molar-refractivity contribution < 1.29 is 9.53 Å². The van der Waals surface area contributed by atoms with Crippen LogP contribution in [0.4, 0.5) is 5.69 Å². The van der Waals surface area contributed by atoms with E-state index in [1.165, 1.54) is 17.3 Å². The molecule has 4 rings (SSSR count). The lowest BCUT2D eigenvalue weighted by Crippen LogP contribution is -2.14. The first-order valence-electron chi connectivity index (χ1n) is 10.5. The number of nitrogens with zero attached hydrogens (tertiary/aromatic N) is 3. The van der Waals surface area contributed by atoms with Crippen LogP contribution in [0.1, 0.15) is 28.4 Å². The molecule has 8 heteroatoms. The summed E-state index contributed by atoms with van der Waals surface area (Å²) >= 11 is 7.53. The van der Waals surface area contributed by atoms with E-state index < -0.39 is 0 Å². The van der Waals surface area contributed by atoms with Crippen molar-refractivity contribution in [2.75, 3.05) is 11.9 Å². The summed E-state index contributed by atoms with van der Waals surface area (Å²) in [4.78, 5) is 18.2. The van der Waals surface area contributed by atoms with Crippen LogP contribution in [0, 0.1) is 6.92 Å². The summed E-state index contributed by atoms with van der Waals surface area (Å²) in [6.07, 6.45) is 0. The summed E-state index contributed by atoms with van der Waals surface area (Å²) in [5, 5.41) is 8.15. The maximum atomic E-state index is 13.0. The van der Waals surface area contributed by atoms with Gasteiger partial charge in [-0.15, -0.1) is 5.10 Å². The van der Waals surface area contributed by atoms with Gasteiger partial charge in [0.2, 0.25) is 5.28 Å². The van der Waals surface area contributed by atoms with Gasteiger partial charge in [0.25, 0.3) is 5.91 Å². The Morgan fingerprint density at radius 1 is 1.06 bits per heavy atom. The zero-order valence-electron chi connectivity index (χ0n) is 18.3. The number of rotatable bonds is 8. The number of aromatic nitrogens is 3. The maximum absolute atomic E-state index is 13.0. The van der Waals surface area contributed by atoms with Gasteiger partial charge in [-0.2, -0.15) is 4.98 Å². The fraction of sp³-hybridized carbons (Fsp3) is 0.160. The van der Waals surface area contributed by atoms with Gasteiger partial charge < -0.3 is 10.1 Å². The molecule has 0 aliphatic rings. The Bertz CT molecular complexity index is 1260. The molecule has 3 aromatic carbocycles. The van der Waals surface area contributed by atoms with Crippen LogP contribution in [0.2, 0.25) is 5.28 Å². The van der Waals surface area contributed by atoms with Gasteiger partial charge in [0, 0.05) is 4.90 Å². The van der Waals surface area contributed by atoms with E-state index >= 15 is 0 Å². The van der Waals surface area contributed by atoms with Crippen LogP contribution in [0.25, 0.3) is 0 Å². The third-order valence-corrected chi connectivity index (χ3v) is 6.05. The fourth-order valence-electron chi connectivity index (χ4n) is 3.23. The molecule has 168 valence electrons. The third-order valence-electron chi connectivity index (χ3n) is 4.83. The SMILES string of the molecule is CCOc1ccccc1C(=O)Nc1ccccc1Sc1nc(Cl)nn1Cc1ccc(C)cc1. The van der Waals surface area contributed by atoms with Gasteiger partial charge in [-0.1, -0.05) is 54.1 Å². The highest BCUT2D eigenvalue weighted by molar-refractivity contribution is 7.99. The molecule has 6 nitrogen and oxygen atoms in total. The second-order valence-corrected chi connectivity index (χ2v) is 8.64. The summed E-state index contributed by atoms with van der Waals surface area (Å²) in [5.41, 5.74) is 3.43.